The van der Waals surface area contributed by atoms with Crippen LogP contribution in [0.3, 0.4) is 0 Å². The smallest absolute Gasteiger partial charge is 0.307 e. The van der Waals surface area contributed by atoms with Crippen LogP contribution in [0.25, 0.3) is 0 Å². The predicted molar refractivity (Wildman–Crippen MR) is 49.6 cm³/mol. The number of carboxylic acids is 1. The SMILES string of the molecule is COOCc1ccc(CC(=O)O)cc1. The Kier molecular flexibility index (Phi) is 4.10. The fourth-order valence-electron chi connectivity index (χ4n) is 1.05. The molecule has 0 aliphatic rings. The second-order valence-corrected chi connectivity index (χ2v) is 2.82. The van der Waals surface area contributed by atoms with Crippen molar-refractivity contribution in [1.82, 2.24) is 0 Å². The van der Waals surface area contributed by atoms with Gasteiger partial charge in [0, 0.05) is 0 Å². The largest absolute Gasteiger partial charge is 0.481 e. The number of carboxylic acid groups (broad SMARTS) is 1. The van der Waals surface area contributed by atoms with E-state index in [1.54, 1.807) is 12.1 Å². The molecule has 0 amide bonds. The lowest BCUT2D eigenvalue weighted by atomic mass is 10.1. The summed E-state index contributed by atoms with van der Waals surface area (Å²) in [6, 6.07) is 7.17. The summed E-state index contributed by atoms with van der Waals surface area (Å²) in [6.07, 6.45) is 0.0470. The van der Waals surface area contributed by atoms with Gasteiger partial charge in [-0.3, -0.25) is 4.79 Å². The summed E-state index contributed by atoms with van der Waals surface area (Å²) < 4.78 is 0. The van der Waals surface area contributed by atoms with Crippen LogP contribution in [-0.2, 0) is 27.6 Å². The molecule has 1 aromatic rings. The minimum atomic E-state index is -0.828. The first-order valence-corrected chi connectivity index (χ1v) is 4.17. The average molecular weight is 196 g/mol. The number of hydrogen-bond donors (Lipinski definition) is 1. The van der Waals surface area contributed by atoms with Gasteiger partial charge in [-0.05, 0) is 11.1 Å². The number of benzene rings is 1. The first-order chi connectivity index (χ1) is 6.72. The van der Waals surface area contributed by atoms with Crippen LogP contribution in [0.5, 0.6) is 0 Å². The Bertz CT molecular complexity index is 291. The van der Waals surface area contributed by atoms with E-state index in [-0.39, 0.29) is 6.42 Å². The Morgan fingerprint density at radius 2 is 1.86 bits per heavy atom. The van der Waals surface area contributed by atoms with Crippen molar-refractivity contribution in [3.8, 4) is 0 Å². The van der Waals surface area contributed by atoms with Crippen LogP contribution in [0.2, 0.25) is 0 Å². The third-order valence-electron chi connectivity index (χ3n) is 1.72. The maximum atomic E-state index is 10.4. The van der Waals surface area contributed by atoms with E-state index >= 15 is 0 Å². The van der Waals surface area contributed by atoms with E-state index in [0.29, 0.717) is 6.61 Å². The van der Waals surface area contributed by atoms with Gasteiger partial charge in [-0.25, -0.2) is 9.78 Å². The molecular formula is C10H12O4. The molecule has 0 radical (unpaired) electrons. The number of aliphatic carboxylic acids is 1. The van der Waals surface area contributed by atoms with Crippen molar-refractivity contribution < 1.29 is 19.7 Å². The molecule has 0 bridgehead atoms. The summed E-state index contributed by atoms with van der Waals surface area (Å²) in [4.78, 5) is 19.6. The zero-order valence-corrected chi connectivity index (χ0v) is 7.90. The maximum Gasteiger partial charge on any atom is 0.307 e. The van der Waals surface area contributed by atoms with Crippen LogP contribution in [0, 0.1) is 0 Å². The molecule has 0 aliphatic carbocycles. The molecule has 0 spiro atoms. The normalized spacial score (nSPS) is 10.1. The third-order valence-corrected chi connectivity index (χ3v) is 1.72. The monoisotopic (exact) mass is 196 g/mol. The van der Waals surface area contributed by atoms with E-state index in [9.17, 15) is 4.79 Å². The maximum absolute atomic E-state index is 10.4. The lowest BCUT2D eigenvalue weighted by Gasteiger charge is -2.01. The Morgan fingerprint density at radius 1 is 1.29 bits per heavy atom. The first-order valence-electron chi connectivity index (χ1n) is 4.17. The van der Waals surface area contributed by atoms with Crippen molar-refractivity contribution in [1.29, 1.82) is 0 Å². The standard InChI is InChI=1S/C10H12O4/c1-13-14-7-9-4-2-8(3-5-9)6-10(11)12/h2-5H,6-7H2,1H3,(H,11,12). The molecule has 0 unspecified atom stereocenters. The minimum Gasteiger partial charge on any atom is -0.481 e. The van der Waals surface area contributed by atoms with E-state index in [1.165, 1.54) is 7.11 Å². The third kappa shape index (κ3) is 3.55. The molecule has 0 saturated heterocycles. The highest BCUT2D eigenvalue weighted by Gasteiger charge is 2.00. The van der Waals surface area contributed by atoms with Crippen LogP contribution in [-0.4, -0.2) is 18.2 Å². The van der Waals surface area contributed by atoms with Crippen LogP contribution in [0.15, 0.2) is 24.3 Å². The van der Waals surface area contributed by atoms with Crippen LogP contribution >= 0.6 is 0 Å². The lowest BCUT2D eigenvalue weighted by Crippen LogP contribution is -2.00. The van der Waals surface area contributed by atoms with Gasteiger partial charge < -0.3 is 5.11 Å². The van der Waals surface area contributed by atoms with Gasteiger partial charge in [0.1, 0.15) is 6.61 Å². The lowest BCUT2D eigenvalue weighted by molar-refractivity contribution is -0.282. The fraction of sp³-hybridized carbons (Fsp3) is 0.300. The van der Waals surface area contributed by atoms with Gasteiger partial charge >= 0.3 is 5.97 Å². The molecule has 0 atom stereocenters. The van der Waals surface area contributed by atoms with Crippen molar-refractivity contribution in [3.05, 3.63) is 35.4 Å². The zero-order chi connectivity index (χ0) is 10.4. The minimum absolute atomic E-state index is 0.0470. The second kappa shape index (κ2) is 5.36. The van der Waals surface area contributed by atoms with Gasteiger partial charge in [0.15, 0.2) is 0 Å². The number of carbonyl (C=O) groups is 1. The van der Waals surface area contributed by atoms with Crippen molar-refractivity contribution in [3.63, 3.8) is 0 Å². The van der Waals surface area contributed by atoms with Gasteiger partial charge in [-0.1, -0.05) is 24.3 Å². The topological polar surface area (TPSA) is 55.8 Å². The quantitative estimate of drug-likeness (QED) is 0.571. The summed E-state index contributed by atoms with van der Waals surface area (Å²) in [5.41, 5.74) is 1.72. The number of hydrogen-bond acceptors (Lipinski definition) is 3. The molecule has 4 heteroatoms. The average Bonchev–Trinajstić information content (AvgIpc) is 2.16. The fourth-order valence-corrected chi connectivity index (χ4v) is 1.05. The van der Waals surface area contributed by atoms with E-state index in [4.69, 9.17) is 9.99 Å². The van der Waals surface area contributed by atoms with E-state index in [2.05, 4.69) is 4.89 Å². The van der Waals surface area contributed by atoms with Crippen molar-refractivity contribution in [2.24, 2.45) is 0 Å². The molecule has 76 valence electrons. The highest BCUT2D eigenvalue weighted by Crippen LogP contribution is 2.06. The molecule has 1 aromatic carbocycles. The second-order valence-electron chi connectivity index (χ2n) is 2.82. The summed E-state index contributed by atoms with van der Waals surface area (Å²) in [6.45, 7) is 0.365. The molecule has 0 saturated carbocycles. The van der Waals surface area contributed by atoms with E-state index < -0.39 is 5.97 Å². The summed E-state index contributed by atoms with van der Waals surface area (Å²) in [5, 5.41) is 8.53. The Morgan fingerprint density at radius 3 is 2.36 bits per heavy atom. The van der Waals surface area contributed by atoms with Gasteiger partial charge in [-0.15, -0.1) is 0 Å². The van der Waals surface area contributed by atoms with E-state index in [1.807, 2.05) is 12.1 Å². The van der Waals surface area contributed by atoms with Gasteiger partial charge in [0.05, 0.1) is 13.5 Å². The molecule has 14 heavy (non-hydrogen) atoms. The van der Waals surface area contributed by atoms with E-state index in [0.717, 1.165) is 11.1 Å². The van der Waals surface area contributed by atoms with Gasteiger partial charge in [0.25, 0.3) is 0 Å². The Labute approximate surface area is 82.0 Å². The Balaban J connectivity index is 2.54. The summed E-state index contributed by atoms with van der Waals surface area (Å²) in [5.74, 6) is -0.828. The molecule has 0 fully saturated rings. The predicted octanol–water partition coefficient (Wildman–Crippen LogP) is 1.39. The number of rotatable bonds is 5. The van der Waals surface area contributed by atoms with Crippen LogP contribution in [0.1, 0.15) is 11.1 Å². The van der Waals surface area contributed by atoms with Crippen molar-refractivity contribution in [2.75, 3.05) is 7.11 Å². The van der Waals surface area contributed by atoms with Crippen LogP contribution < -0.4 is 0 Å². The zero-order valence-electron chi connectivity index (χ0n) is 7.90. The molecule has 4 nitrogen and oxygen atoms in total. The molecule has 0 aliphatic heterocycles. The summed E-state index contributed by atoms with van der Waals surface area (Å²) in [7, 11) is 1.44. The summed E-state index contributed by atoms with van der Waals surface area (Å²) >= 11 is 0. The molecular weight excluding hydrogens is 184 g/mol. The Hall–Kier alpha value is -1.39. The highest BCUT2D eigenvalue weighted by molar-refractivity contribution is 5.70. The van der Waals surface area contributed by atoms with Gasteiger partial charge in [0.2, 0.25) is 0 Å². The van der Waals surface area contributed by atoms with Crippen molar-refractivity contribution >= 4 is 5.97 Å². The van der Waals surface area contributed by atoms with Crippen molar-refractivity contribution in [2.45, 2.75) is 13.0 Å². The van der Waals surface area contributed by atoms with Gasteiger partial charge in [-0.2, -0.15) is 0 Å². The first kappa shape index (κ1) is 10.7. The van der Waals surface area contributed by atoms with Crippen LogP contribution in [0.4, 0.5) is 0 Å². The molecule has 1 N–H and O–H groups in total. The molecule has 0 aromatic heterocycles. The molecule has 0 heterocycles. The molecule has 1 rings (SSSR count). The highest BCUT2D eigenvalue weighted by atomic mass is 17.2.